The van der Waals surface area contributed by atoms with Crippen molar-refractivity contribution in [3.8, 4) is 0 Å². The van der Waals surface area contributed by atoms with Crippen LogP contribution in [0.5, 0.6) is 0 Å². The fraction of sp³-hybridized carbons (Fsp3) is 0.182. The molecule has 0 radical (unpaired) electrons. The van der Waals surface area contributed by atoms with Crippen molar-refractivity contribution in [2.45, 2.75) is 13.3 Å². The van der Waals surface area contributed by atoms with Crippen LogP contribution in [0, 0.1) is 4.77 Å². The van der Waals surface area contributed by atoms with Gasteiger partial charge in [0.25, 0.3) is 0 Å². The van der Waals surface area contributed by atoms with E-state index in [0.717, 1.165) is 5.82 Å². The molecule has 8 heteroatoms. The van der Waals surface area contributed by atoms with Gasteiger partial charge in [-0.2, -0.15) is 14.9 Å². The van der Waals surface area contributed by atoms with Crippen molar-refractivity contribution in [2.24, 2.45) is 5.10 Å². The first-order valence-corrected chi connectivity index (χ1v) is 6.93. The maximum absolute atomic E-state index is 6.09. The zero-order valence-electron chi connectivity index (χ0n) is 9.82. The molecule has 0 aliphatic heterocycles. The van der Waals surface area contributed by atoms with Gasteiger partial charge in [0.2, 0.25) is 4.77 Å². The summed E-state index contributed by atoms with van der Waals surface area (Å²) >= 11 is 23.2. The van der Waals surface area contributed by atoms with Gasteiger partial charge < -0.3 is 0 Å². The Kier molecular flexibility index (Phi) is 4.62. The quantitative estimate of drug-likeness (QED) is 0.515. The molecule has 2 aromatic rings. The van der Waals surface area contributed by atoms with Crippen molar-refractivity contribution in [3.05, 3.63) is 43.4 Å². The summed E-state index contributed by atoms with van der Waals surface area (Å²) in [6, 6.07) is 3.29. The van der Waals surface area contributed by atoms with Crippen LogP contribution in [0.2, 0.25) is 15.1 Å². The molecule has 0 bridgehead atoms. The average molecular weight is 336 g/mol. The fourth-order valence-electron chi connectivity index (χ4n) is 1.45. The van der Waals surface area contributed by atoms with E-state index in [2.05, 4.69) is 15.3 Å². The Bertz CT molecular complexity index is 690. The number of nitrogens with zero attached hydrogens (tertiary/aromatic N) is 3. The van der Waals surface area contributed by atoms with Crippen LogP contribution in [0.3, 0.4) is 0 Å². The highest BCUT2D eigenvalue weighted by atomic mass is 35.5. The minimum Gasteiger partial charge on any atom is -0.250 e. The monoisotopic (exact) mass is 334 g/mol. The van der Waals surface area contributed by atoms with E-state index < -0.39 is 0 Å². The molecule has 0 aliphatic carbocycles. The molecule has 0 unspecified atom stereocenters. The lowest BCUT2D eigenvalue weighted by Gasteiger charge is -2.03. The molecule has 0 atom stereocenters. The van der Waals surface area contributed by atoms with Crippen LogP contribution in [0.15, 0.2) is 17.2 Å². The van der Waals surface area contributed by atoms with E-state index in [0.29, 0.717) is 31.8 Å². The van der Waals surface area contributed by atoms with Crippen LogP contribution in [0.1, 0.15) is 18.3 Å². The fourth-order valence-corrected chi connectivity index (χ4v) is 2.28. The van der Waals surface area contributed by atoms with Crippen LogP contribution in [0.4, 0.5) is 0 Å². The first-order chi connectivity index (χ1) is 9.04. The van der Waals surface area contributed by atoms with Crippen LogP contribution >= 0.6 is 47.0 Å². The lowest BCUT2D eigenvalue weighted by molar-refractivity contribution is 0.780. The van der Waals surface area contributed by atoms with Gasteiger partial charge in [0.15, 0.2) is 5.82 Å². The highest BCUT2D eigenvalue weighted by Crippen LogP contribution is 2.30. The van der Waals surface area contributed by atoms with Crippen LogP contribution in [0.25, 0.3) is 0 Å². The lowest BCUT2D eigenvalue weighted by Crippen LogP contribution is -1.98. The van der Waals surface area contributed by atoms with Gasteiger partial charge in [0.05, 0.1) is 21.3 Å². The summed E-state index contributed by atoms with van der Waals surface area (Å²) in [5.41, 5.74) is 0.543. The molecule has 0 amide bonds. The SMILES string of the molecule is CCc1n[nH]c(=S)n1N=Cc1c(Cl)ccc(Cl)c1Cl. The lowest BCUT2D eigenvalue weighted by atomic mass is 10.2. The molecule has 0 saturated heterocycles. The molecule has 19 heavy (non-hydrogen) atoms. The van der Waals surface area contributed by atoms with Gasteiger partial charge in [-0.1, -0.05) is 41.7 Å². The number of rotatable bonds is 3. The molecule has 1 aromatic carbocycles. The molecular formula is C11H9Cl3N4S. The number of aromatic amines is 1. The minimum absolute atomic E-state index is 0.353. The van der Waals surface area contributed by atoms with Crippen molar-refractivity contribution in [1.82, 2.24) is 14.9 Å². The van der Waals surface area contributed by atoms with Gasteiger partial charge in [0, 0.05) is 12.0 Å². The maximum atomic E-state index is 6.09. The number of aryl methyl sites for hydroxylation is 1. The Hall–Kier alpha value is -0.880. The number of benzene rings is 1. The molecule has 0 spiro atoms. The zero-order valence-corrected chi connectivity index (χ0v) is 12.9. The molecule has 1 heterocycles. The van der Waals surface area contributed by atoms with Gasteiger partial charge in [-0.05, 0) is 24.4 Å². The van der Waals surface area contributed by atoms with Gasteiger partial charge >= 0.3 is 0 Å². The van der Waals surface area contributed by atoms with Gasteiger partial charge in [0.1, 0.15) is 0 Å². The predicted molar refractivity (Wildman–Crippen MR) is 81.3 cm³/mol. The Morgan fingerprint density at radius 3 is 2.74 bits per heavy atom. The third-order valence-corrected chi connectivity index (χ3v) is 3.83. The third-order valence-electron chi connectivity index (χ3n) is 2.42. The van der Waals surface area contributed by atoms with Crippen molar-refractivity contribution >= 4 is 53.2 Å². The summed E-state index contributed by atoms with van der Waals surface area (Å²) in [6.45, 7) is 1.95. The number of halogens is 3. The Labute approximate surface area is 130 Å². The van der Waals surface area contributed by atoms with Crippen molar-refractivity contribution in [3.63, 3.8) is 0 Å². The highest BCUT2D eigenvalue weighted by molar-refractivity contribution is 7.71. The molecule has 4 nitrogen and oxygen atoms in total. The molecule has 1 aromatic heterocycles. The molecular weight excluding hydrogens is 327 g/mol. The normalized spacial score (nSPS) is 11.4. The van der Waals surface area contributed by atoms with E-state index in [9.17, 15) is 0 Å². The summed E-state index contributed by atoms with van der Waals surface area (Å²) in [7, 11) is 0. The minimum atomic E-state index is 0.353. The number of nitrogens with one attached hydrogen (secondary N) is 1. The van der Waals surface area contributed by atoms with Gasteiger partial charge in [-0.15, -0.1) is 0 Å². The standard InChI is InChI=1S/C11H9Cl3N4S/c1-2-9-16-17-11(19)18(9)15-5-6-7(12)3-4-8(13)10(6)14/h3-5H,2H2,1H3,(H,17,19). The van der Waals surface area contributed by atoms with E-state index in [1.165, 1.54) is 10.9 Å². The van der Waals surface area contributed by atoms with Crippen LogP contribution in [-0.4, -0.2) is 21.1 Å². The van der Waals surface area contributed by atoms with E-state index in [1.807, 2.05) is 6.92 Å². The van der Waals surface area contributed by atoms with Gasteiger partial charge in [-0.3, -0.25) is 5.10 Å². The largest absolute Gasteiger partial charge is 0.250 e. The molecule has 0 saturated carbocycles. The predicted octanol–water partition coefficient (Wildman–Crippen LogP) is 4.35. The van der Waals surface area contributed by atoms with E-state index >= 15 is 0 Å². The first kappa shape index (κ1) is 14.5. The second-order valence-electron chi connectivity index (χ2n) is 3.61. The van der Waals surface area contributed by atoms with Crippen molar-refractivity contribution in [1.29, 1.82) is 0 Å². The Morgan fingerprint density at radius 2 is 2.05 bits per heavy atom. The molecule has 0 aliphatic rings. The number of hydrogen-bond donors (Lipinski definition) is 1. The molecule has 1 N–H and O–H groups in total. The summed E-state index contributed by atoms with van der Waals surface area (Å²) in [5.74, 6) is 0.718. The van der Waals surface area contributed by atoms with E-state index in [1.54, 1.807) is 12.1 Å². The Balaban J connectivity index is 2.46. The van der Waals surface area contributed by atoms with Crippen LogP contribution < -0.4 is 0 Å². The summed E-state index contributed by atoms with van der Waals surface area (Å²) in [6.07, 6.45) is 2.21. The van der Waals surface area contributed by atoms with E-state index in [-0.39, 0.29) is 0 Å². The first-order valence-electron chi connectivity index (χ1n) is 5.38. The molecule has 0 fully saturated rings. The van der Waals surface area contributed by atoms with Crippen LogP contribution in [-0.2, 0) is 6.42 Å². The Morgan fingerprint density at radius 1 is 1.37 bits per heavy atom. The highest BCUT2D eigenvalue weighted by Gasteiger charge is 2.08. The summed E-state index contributed by atoms with van der Waals surface area (Å²) in [4.78, 5) is 0. The van der Waals surface area contributed by atoms with Crippen molar-refractivity contribution in [2.75, 3.05) is 0 Å². The van der Waals surface area contributed by atoms with Gasteiger partial charge in [-0.25, -0.2) is 0 Å². The second kappa shape index (κ2) is 6.05. The number of hydrogen-bond acceptors (Lipinski definition) is 3. The summed E-state index contributed by atoms with van der Waals surface area (Å²) in [5, 5.41) is 12.2. The number of aromatic nitrogens is 3. The smallest absolute Gasteiger partial charge is 0.216 e. The summed E-state index contributed by atoms with van der Waals surface area (Å²) < 4.78 is 1.92. The maximum Gasteiger partial charge on any atom is 0.216 e. The molecule has 100 valence electrons. The second-order valence-corrected chi connectivity index (χ2v) is 5.19. The third kappa shape index (κ3) is 3.00. The zero-order chi connectivity index (χ0) is 14.0. The van der Waals surface area contributed by atoms with E-state index in [4.69, 9.17) is 47.0 Å². The van der Waals surface area contributed by atoms with Crippen molar-refractivity contribution < 1.29 is 0 Å². The topological polar surface area (TPSA) is 46.0 Å². The average Bonchev–Trinajstić information content (AvgIpc) is 2.75. The molecule has 2 rings (SSSR count). The number of H-pyrrole nitrogens is 1.